The standard InChI is InChI=1S/C8H5BrClN3O2S2/c9-5-3-4-16-8(5)17(14,15)13-7-2-1-6(10)11-12-7/h1-4H,(H,12,13). The van der Waals surface area contributed by atoms with E-state index in [2.05, 4.69) is 30.8 Å². The minimum Gasteiger partial charge on any atom is -0.261 e. The van der Waals surface area contributed by atoms with Crippen LogP contribution in [0, 0.1) is 0 Å². The van der Waals surface area contributed by atoms with Gasteiger partial charge in [0.25, 0.3) is 10.0 Å². The molecule has 17 heavy (non-hydrogen) atoms. The molecule has 90 valence electrons. The van der Waals surface area contributed by atoms with Gasteiger partial charge in [0, 0.05) is 4.47 Å². The number of sulfonamides is 1. The van der Waals surface area contributed by atoms with E-state index in [1.807, 2.05) is 0 Å². The Morgan fingerprint density at radius 1 is 1.29 bits per heavy atom. The van der Waals surface area contributed by atoms with Crippen LogP contribution >= 0.6 is 38.9 Å². The van der Waals surface area contributed by atoms with E-state index in [0.29, 0.717) is 4.47 Å². The molecule has 0 radical (unpaired) electrons. The predicted molar refractivity (Wildman–Crippen MR) is 69.9 cm³/mol. The summed E-state index contributed by atoms with van der Waals surface area (Å²) in [6, 6.07) is 4.55. The minimum atomic E-state index is -3.64. The fourth-order valence-electron chi connectivity index (χ4n) is 1.03. The van der Waals surface area contributed by atoms with Gasteiger partial charge in [0.15, 0.2) is 15.2 Å². The normalized spacial score (nSPS) is 11.4. The molecule has 0 atom stereocenters. The molecular formula is C8H5BrClN3O2S2. The molecule has 0 aromatic carbocycles. The first kappa shape index (κ1) is 12.7. The summed E-state index contributed by atoms with van der Waals surface area (Å²) in [5, 5.41) is 9.04. The van der Waals surface area contributed by atoms with E-state index >= 15 is 0 Å². The van der Waals surface area contributed by atoms with Crippen LogP contribution in [0.1, 0.15) is 0 Å². The maximum absolute atomic E-state index is 11.9. The third-order valence-corrected chi connectivity index (χ3v) is 5.93. The van der Waals surface area contributed by atoms with Gasteiger partial charge in [-0.1, -0.05) is 11.6 Å². The lowest BCUT2D eigenvalue weighted by Gasteiger charge is -2.04. The molecule has 0 fully saturated rings. The number of thiophene rings is 1. The molecule has 9 heteroatoms. The van der Waals surface area contributed by atoms with Crippen molar-refractivity contribution in [2.45, 2.75) is 4.21 Å². The molecule has 0 saturated carbocycles. The highest BCUT2D eigenvalue weighted by Crippen LogP contribution is 2.28. The van der Waals surface area contributed by atoms with Gasteiger partial charge in [-0.25, -0.2) is 8.42 Å². The van der Waals surface area contributed by atoms with Crippen LogP contribution in [0.2, 0.25) is 5.15 Å². The second-order valence-electron chi connectivity index (χ2n) is 2.90. The zero-order chi connectivity index (χ0) is 12.5. The molecule has 2 aromatic rings. The van der Waals surface area contributed by atoms with Crippen LogP contribution in [0.15, 0.2) is 32.3 Å². The number of rotatable bonds is 3. The first-order valence-corrected chi connectivity index (χ1v) is 7.77. The van der Waals surface area contributed by atoms with Gasteiger partial charge in [0.2, 0.25) is 0 Å². The van der Waals surface area contributed by atoms with E-state index in [1.165, 1.54) is 12.1 Å². The molecule has 2 heterocycles. The monoisotopic (exact) mass is 353 g/mol. The first-order chi connectivity index (χ1) is 7.99. The zero-order valence-corrected chi connectivity index (χ0v) is 12.1. The van der Waals surface area contributed by atoms with E-state index < -0.39 is 10.0 Å². The van der Waals surface area contributed by atoms with Crippen LogP contribution in [0.25, 0.3) is 0 Å². The molecule has 0 spiro atoms. The van der Waals surface area contributed by atoms with Crippen molar-refractivity contribution in [3.05, 3.63) is 33.2 Å². The van der Waals surface area contributed by atoms with E-state index in [0.717, 1.165) is 11.3 Å². The SMILES string of the molecule is O=S(=O)(Nc1ccc(Cl)nn1)c1sccc1Br. The number of nitrogens with zero attached hydrogens (tertiary/aromatic N) is 2. The average molecular weight is 355 g/mol. The van der Waals surface area contributed by atoms with Gasteiger partial charge in [-0.3, -0.25) is 4.72 Å². The smallest absolute Gasteiger partial charge is 0.261 e. The Hall–Kier alpha value is -0.700. The second-order valence-corrected chi connectivity index (χ2v) is 6.94. The summed E-state index contributed by atoms with van der Waals surface area (Å²) in [5.41, 5.74) is 0. The van der Waals surface area contributed by atoms with Gasteiger partial charge >= 0.3 is 0 Å². The molecule has 1 N–H and O–H groups in total. The summed E-state index contributed by atoms with van der Waals surface area (Å²) in [6.45, 7) is 0. The number of aromatic nitrogens is 2. The van der Waals surface area contributed by atoms with E-state index in [1.54, 1.807) is 11.4 Å². The molecule has 0 bridgehead atoms. The van der Waals surface area contributed by atoms with Gasteiger partial charge in [0.1, 0.15) is 0 Å². The Morgan fingerprint density at radius 2 is 2.06 bits per heavy atom. The average Bonchev–Trinajstić information content (AvgIpc) is 2.68. The number of anilines is 1. The van der Waals surface area contributed by atoms with Gasteiger partial charge in [0.05, 0.1) is 0 Å². The minimum absolute atomic E-state index is 0.120. The summed E-state index contributed by atoms with van der Waals surface area (Å²) in [7, 11) is -3.64. The Balaban J connectivity index is 2.30. The molecule has 5 nitrogen and oxygen atoms in total. The summed E-state index contributed by atoms with van der Waals surface area (Å²) in [4.78, 5) is 0. The van der Waals surface area contributed by atoms with Crippen LogP contribution in [0.3, 0.4) is 0 Å². The quantitative estimate of drug-likeness (QED) is 0.920. The lowest BCUT2D eigenvalue weighted by molar-refractivity contribution is 0.602. The second kappa shape index (κ2) is 4.89. The fourth-order valence-corrected chi connectivity index (χ4v) is 4.46. The third-order valence-electron chi connectivity index (χ3n) is 1.70. The summed E-state index contributed by atoms with van der Waals surface area (Å²) < 4.78 is 26.9. The number of hydrogen-bond donors (Lipinski definition) is 1. The highest BCUT2D eigenvalue weighted by atomic mass is 79.9. The van der Waals surface area contributed by atoms with Crippen LogP contribution in [0.5, 0.6) is 0 Å². The van der Waals surface area contributed by atoms with Crippen LogP contribution in [-0.2, 0) is 10.0 Å². The number of hydrogen-bond acceptors (Lipinski definition) is 5. The predicted octanol–water partition coefficient (Wildman–Crippen LogP) is 2.75. The van der Waals surface area contributed by atoms with Crippen LogP contribution in [-0.4, -0.2) is 18.6 Å². The van der Waals surface area contributed by atoms with Crippen molar-refractivity contribution in [1.29, 1.82) is 0 Å². The molecule has 0 aliphatic heterocycles. The zero-order valence-electron chi connectivity index (χ0n) is 8.09. The lowest BCUT2D eigenvalue weighted by Crippen LogP contribution is -2.13. The third kappa shape index (κ3) is 2.95. The Labute approximate surface area is 115 Å². The first-order valence-electron chi connectivity index (χ1n) is 4.24. The molecule has 0 saturated heterocycles. The molecule has 0 amide bonds. The van der Waals surface area contributed by atoms with Crippen molar-refractivity contribution in [3.63, 3.8) is 0 Å². The Kier molecular flexibility index (Phi) is 3.67. The molecule has 0 unspecified atom stereocenters. The summed E-state index contributed by atoms with van der Waals surface area (Å²) >= 11 is 9.82. The maximum Gasteiger partial charge on any atom is 0.273 e. The largest absolute Gasteiger partial charge is 0.273 e. The maximum atomic E-state index is 11.9. The topological polar surface area (TPSA) is 72.0 Å². The molecule has 0 aliphatic rings. The molecule has 0 aliphatic carbocycles. The van der Waals surface area contributed by atoms with Gasteiger partial charge in [-0.05, 0) is 39.5 Å². The number of halogens is 2. The van der Waals surface area contributed by atoms with E-state index in [4.69, 9.17) is 11.6 Å². The van der Waals surface area contributed by atoms with Crippen molar-refractivity contribution < 1.29 is 8.42 Å². The Morgan fingerprint density at radius 3 is 2.59 bits per heavy atom. The highest BCUT2D eigenvalue weighted by molar-refractivity contribution is 9.10. The van der Waals surface area contributed by atoms with Crippen molar-refractivity contribution in [2.24, 2.45) is 0 Å². The van der Waals surface area contributed by atoms with E-state index in [-0.39, 0.29) is 15.2 Å². The highest BCUT2D eigenvalue weighted by Gasteiger charge is 2.19. The number of nitrogens with one attached hydrogen (secondary N) is 1. The lowest BCUT2D eigenvalue weighted by atomic mass is 10.5. The van der Waals surface area contributed by atoms with Crippen molar-refractivity contribution >= 4 is 54.7 Å². The Bertz CT molecular complexity index is 626. The van der Waals surface area contributed by atoms with Gasteiger partial charge in [-0.15, -0.1) is 21.5 Å². The van der Waals surface area contributed by atoms with E-state index in [9.17, 15) is 8.42 Å². The summed E-state index contributed by atoms with van der Waals surface area (Å²) in [6.07, 6.45) is 0. The van der Waals surface area contributed by atoms with Gasteiger partial charge < -0.3 is 0 Å². The molecular weight excluding hydrogens is 350 g/mol. The van der Waals surface area contributed by atoms with Crippen molar-refractivity contribution in [3.8, 4) is 0 Å². The van der Waals surface area contributed by atoms with Crippen molar-refractivity contribution in [2.75, 3.05) is 4.72 Å². The van der Waals surface area contributed by atoms with Crippen LogP contribution < -0.4 is 4.72 Å². The van der Waals surface area contributed by atoms with Crippen LogP contribution in [0.4, 0.5) is 5.82 Å². The summed E-state index contributed by atoms with van der Waals surface area (Å²) in [5.74, 6) is 0.120. The molecule has 2 rings (SSSR count). The molecule has 2 aromatic heterocycles. The fraction of sp³-hybridized carbons (Fsp3) is 0. The van der Waals surface area contributed by atoms with Crippen molar-refractivity contribution in [1.82, 2.24) is 10.2 Å². The van der Waals surface area contributed by atoms with Gasteiger partial charge in [-0.2, -0.15) is 0 Å².